The first kappa shape index (κ1) is 17.0. The Morgan fingerprint density at radius 2 is 1.95 bits per heavy atom. The van der Waals surface area contributed by atoms with Gasteiger partial charge in [0.1, 0.15) is 6.04 Å². The van der Waals surface area contributed by atoms with E-state index in [1.807, 2.05) is 11.8 Å². The summed E-state index contributed by atoms with van der Waals surface area (Å²) in [6.45, 7) is 9.89. The Morgan fingerprint density at radius 1 is 1.25 bits per heavy atom. The van der Waals surface area contributed by atoms with Crippen molar-refractivity contribution in [1.29, 1.82) is 0 Å². The van der Waals surface area contributed by atoms with Crippen molar-refractivity contribution in [2.45, 2.75) is 65.8 Å². The summed E-state index contributed by atoms with van der Waals surface area (Å²) in [4.78, 5) is 26.1. The molecule has 1 fully saturated rings. The van der Waals surface area contributed by atoms with Gasteiger partial charge < -0.3 is 10.2 Å². The normalized spacial score (nSPS) is 21.9. The van der Waals surface area contributed by atoms with E-state index in [2.05, 4.69) is 26.1 Å². The van der Waals surface area contributed by atoms with Gasteiger partial charge in [-0.3, -0.25) is 9.59 Å². The summed E-state index contributed by atoms with van der Waals surface area (Å²) in [6, 6.07) is -0.333. The summed E-state index contributed by atoms with van der Waals surface area (Å²) in [7, 11) is 0. The third kappa shape index (κ3) is 5.14. The summed E-state index contributed by atoms with van der Waals surface area (Å²) in [5.41, 5.74) is 0. The first-order chi connectivity index (χ1) is 9.45. The fourth-order valence-electron chi connectivity index (χ4n) is 2.55. The van der Waals surface area contributed by atoms with Crippen LogP contribution in [0.1, 0.15) is 59.8 Å². The van der Waals surface area contributed by atoms with Crippen molar-refractivity contribution in [3.05, 3.63) is 0 Å². The fourth-order valence-corrected chi connectivity index (χ4v) is 2.55. The van der Waals surface area contributed by atoms with Crippen molar-refractivity contribution < 1.29 is 9.59 Å². The SMILES string of the molecule is CCC(C)C1NC(=O)CCN(CCCCC(C)C)C1=O. The number of carbonyl (C=O) groups excluding carboxylic acids is 2. The average molecular weight is 282 g/mol. The number of rotatable bonds is 7. The van der Waals surface area contributed by atoms with Gasteiger partial charge in [-0.05, 0) is 18.3 Å². The number of hydrogen-bond acceptors (Lipinski definition) is 2. The predicted molar refractivity (Wildman–Crippen MR) is 81.3 cm³/mol. The Bertz CT molecular complexity index is 328. The number of nitrogens with one attached hydrogen (secondary N) is 1. The Labute approximate surface area is 123 Å². The van der Waals surface area contributed by atoms with Crippen LogP contribution in [0.4, 0.5) is 0 Å². The summed E-state index contributed by atoms with van der Waals surface area (Å²) in [6.07, 6.45) is 4.72. The van der Waals surface area contributed by atoms with Gasteiger partial charge in [-0.2, -0.15) is 0 Å². The summed E-state index contributed by atoms with van der Waals surface area (Å²) in [5.74, 6) is 1.02. The molecule has 1 rings (SSSR count). The lowest BCUT2D eigenvalue weighted by Gasteiger charge is -2.27. The van der Waals surface area contributed by atoms with Gasteiger partial charge in [-0.1, -0.05) is 47.0 Å². The molecule has 4 nitrogen and oxygen atoms in total. The van der Waals surface area contributed by atoms with Crippen molar-refractivity contribution in [1.82, 2.24) is 10.2 Å². The van der Waals surface area contributed by atoms with E-state index >= 15 is 0 Å². The number of unbranched alkanes of at least 4 members (excludes halogenated alkanes) is 1. The van der Waals surface area contributed by atoms with Gasteiger partial charge in [-0.15, -0.1) is 0 Å². The smallest absolute Gasteiger partial charge is 0.245 e. The molecular weight excluding hydrogens is 252 g/mol. The molecule has 2 atom stereocenters. The molecule has 0 aliphatic carbocycles. The highest BCUT2D eigenvalue weighted by atomic mass is 16.2. The van der Waals surface area contributed by atoms with Crippen LogP contribution in [0.25, 0.3) is 0 Å². The lowest BCUT2D eigenvalue weighted by atomic mass is 9.98. The molecule has 1 aliphatic heterocycles. The van der Waals surface area contributed by atoms with Crippen LogP contribution in [-0.4, -0.2) is 35.8 Å². The molecule has 20 heavy (non-hydrogen) atoms. The molecule has 0 saturated carbocycles. The van der Waals surface area contributed by atoms with Crippen LogP contribution in [0.5, 0.6) is 0 Å². The highest BCUT2D eigenvalue weighted by Gasteiger charge is 2.32. The maximum atomic E-state index is 12.5. The van der Waals surface area contributed by atoms with Crippen molar-refractivity contribution >= 4 is 11.8 Å². The van der Waals surface area contributed by atoms with Crippen LogP contribution in [0.15, 0.2) is 0 Å². The molecule has 0 spiro atoms. The zero-order valence-corrected chi connectivity index (χ0v) is 13.4. The van der Waals surface area contributed by atoms with E-state index in [0.29, 0.717) is 18.9 Å². The van der Waals surface area contributed by atoms with Gasteiger partial charge in [-0.25, -0.2) is 0 Å². The molecule has 0 bridgehead atoms. The molecule has 1 aliphatic rings. The number of nitrogens with zero attached hydrogens (tertiary/aromatic N) is 1. The van der Waals surface area contributed by atoms with Crippen molar-refractivity contribution in [2.24, 2.45) is 11.8 Å². The molecule has 0 aromatic rings. The first-order valence-electron chi connectivity index (χ1n) is 8.03. The topological polar surface area (TPSA) is 49.4 Å². The quantitative estimate of drug-likeness (QED) is 0.730. The Morgan fingerprint density at radius 3 is 2.55 bits per heavy atom. The van der Waals surface area contributed by atoms with E-state index in [9.17, 15) is 9.59 Å². The van der Waals surface area contributed by atoms with Gasteiger partial charge in [0.15, 0.2) is 0 Å². The zero-order chi connectivity index (χ0) is 15.1. The summed E-state index contributed by atoms with van der Waals surface area (Å²) in [5, 5.41) is 2.89. The minimum Gasteiger partial charge on any atom is -0.344 e. The van der Waals surface area contributed by atoms with E-state index in [4.69, 9.17) is 0 Å². The maximum absolute atomic E-state index is 12.5. The Hall–Kier alpha value is -1.06. The van der Waals surface area contributed by atoms with Gasteiger partial charge in [0.05, 0.1) is 0 Å². The summed E-state index contributed by atoms with van der Waals surface area (Å²) < 4.78 is 0. The highest BCUT2D eigenvalue weighted by molar-refractivity contribution is 5.90. The van der Waals surface area contributed by atoms with E-state index < -0.39 is 0 Å². The van der Waals surface area contributed by atoms with Gasteiger partial charge in [0.2, 0.25) is 11.8 Å². The molecule has 1 N–H and O–H groups in total. The van der Waals surface area contributed by atoms with Crippen LogP contribution < -0.4 is 5.32 Å². The average Bonchev–Trinajstić information content (AvgIpc) is 2.54. The Balaban J connectivity index is 2.56. The largest absolute Gasteiger partial charge is 0.344 e. The van der Waals surface area contributed by atoms with E-state index in [-0.39, 0.29) is 23.8 Å². The molecule has 116 valence electrons. The third-order valence-corrected chi connectivity index (χ3v) is 4.18. The molecule has 0 radical (unpaired) electrons. The van der Waals surface area contributed by atoms with Crippen molar-refractivity contribution in [2.75, 3.05) is 13.1 Å². The number of amides is 2. The van der Waals surface area contributed by atoms with Crippen molar-refractivity contribution in [3.8, 4) is 0 Å². The minimum absolute atomic E-state index is 0.00771. The molecule has 1 heterocycles. The fraction of sp³-hybridized carbons (Fsp3) is 0.875. The summed E-state index contributed by atoms with van der Waals surface area (Å²) >= 11 is 0. The zero-order valence-electron chi connectivity index (χ0n) is 13.4. The van der Waals surface area contributed by atoms with Crippen LogP contribution in [0, 0.1) is 11.8 Å². The van der Waals surface area contributed by atoms with E-state index in [1.165, 1.54) is 6.42 Å². The van der Waals surface area contributed by atoms with Crippen molar-refractivity contribution in [3.63, 3.8) is 0 Å². The van der Waals surface area contributed by atoms with E-state index in [0.717, 1.165) is 25.8 Å². The van der Waals surface area contributed by atoms with Gasteiger partial charge in [0.25, 0.3) is 0 Å². The maximum Gasteiger partial charge on any atom is 0.245 e. The van der Waals surface area contributed by atoms with Crippen LogP contribution in [0.3, 0.4) is 0 Å². The highest BCUT2D eigenvalue weighted by Crippen LogP contribution is 2.15. The second kappa shape index (κ2) is 8.28. The molecule has 2 unspecified atom stereocenters. The molecule has 2 amide bonds. The van der Waals surface area contributed by atoms with E-state index in [1.54, 1.807) is 0 Å². The molecule has 1 saturated heterocycles. The third-order valence-electron chi connectivity index (χ3n) is 4.18. The van der Waals surface area contributed by atoms with Crippen LogP contribution in [-0.2, 0) is 9.59 Å². The predicted octanol–water partition coefficient (Wildman–Crippen LogP) is 2.58. The second-order valence-corrected chi connectivity index (χ2v) is 6.40. The lowest BCUT2D eigenvalue weighted by molar-refractivity contribution is -0.135. The Kier molecular flexibility index (Phi) is 7.03. The van der Waals surface area contributed by atoms with Gasteiger partial charge in [0, 0.05) is 19.5 Å². The van der Waals surface area contributed by atoms with Crippen LogP contribution in [0.2, 0.25) is 0 Å². The minimum atomic E-state index is -0.333. The number of carbonyl (C=O) groups is 2. The van der Waals surface area contributed by atoms with Crippen LogP contribution >= 0.6 is 0 Å². The molecule has 0 aromatic heterocycles. The lowest BCUT2D eigenvalue weighted by Crippen LogP contribution is -2.48. The molecule has 0 aromatic carbocycles. The second-order valence-electron chi connectivity index (χ2n) is 6.40. The van der Waals surface area contributed by atoms with Gasteiger partial charge >= 0.3 is 0 Å². The number of hydrogen-bond donors (Lipinski definition) is 1. The molecule has 4 heteroatoms. The standard InChI is InChI=1S/C16H30N2O2/c1-5-13(4)15-16(20)18(11-9-14(19)17-15)10-7-6-8-12(2)3/h12-13,15H,5-11H2,1-4H3,(H,17,19). The molecular formula is C16H30N2O2. The monoisotopic (exact) mass is 282 g/mol. The first-order valence-corrected chi connectivity index (χ1v) is 8.03.